The number of hydrogen-bond acceptors (Lipinski definition) is 4. The summed E-state index contributed by atoms with van der Waals surface area (Å²) in [4.78, 5) is 19.3. The van der Waals surface area contributed by atoms with Crippen molar-refractivity contribution in [1.82, 2.24) is 14.3 Å². The van der Waals surface area contributed by atoms with Crippen molar-refractivity contribution in [1.29, 1.82) is 0 Å². The first-order chi connectivity index (χ1) is 12.0. The van der Waals surface area contributed by atoms with Crippen LogP contribution in [0.5, 0.6) is 0 Å². The summed E-state index contributed by atoms with van der Waals surface area (Å²) in [7, 11) is 0. The third-order valence-electron chi connectivity index (χ3n) is 6.07. The molecule has 2 fully saturated rings. The van der Waals surface area contributed by atoms with Gasteiger partial charge in [0.25, 0.3) is 5.56 Å². The smallest absolute Gasteiger partial charge is 0.258 e. The van der Waals surface area contributed by atoms with Crippen LogP contribution >= 0.6 is 11.6 Å². The molecule has 4 rings (SSSR count). The van der Waals surface area contributed by atoms with Crippen LogP contribution in [0.4, 0.5) is 0 Å². The Bertz CT molecular complexity index is 852. The topological polar surface area (TPSA) is 57.8 Å². The predicted molar refractivity (Wildman–Crippen MR) is 97.8 cm³/mol. The van der Waals surface area contributed by atoms with Crippen molar-refractivity contribution < 1.29 is 5.11 Å². The van der Waals surface area contributed by atoms with Crippen LogP contribution in [-0.4, -0.2) is 38.1 Å². The maximum atomic E-state index is 12.3. The molecule has 1 saturated heterocycles. The summed E-state index contributed by atoms with van der Waals surface area (Å²) in [6.07, 6.45) is 5.63. The van der Waals surface area contributed by atoms with E-state index in [0.29, 0.717) is 29.1 Å². The lowest BCUT2D eigenvalue weighted by Gasteiger charge is -2.40. The molecule has 0 bridgehead atoms. The van der Waals surface area contributed by atoms with E-state index in [0.717, 1.165) is 38.0 Å². The first kappa shape index (κ1) is 17.0. The van der Waals surface area contributed by atoms with Gasteiger partial charge in [0.05, 0.1) is 16.3 Å². The number of halogens is 1. The number of rotatable bonds is 3. The van der Waals surface area contributed by atoms with Crippen LogP contribution in [-0.2, 0) is 6.54 Å². The van der Waals surface area contributed by atoms with E-state index in [1.165, 1.54) is 10.8 Å². The molecule has 6 heteroatoms. The number of hydrogen-bond donors (Lipinski definition) is 1. The van der Waals surface area contributed by atoms with Gasteiger partial charge in [-0.1, -0.05) is 24.9 Å². The fourth-order valence-corrected chi connectivity index (χ4v) is 4.88. The van der Waals surface area contributed by atoms with E-state index in [2.05, 4.69) is 16.8 Å². The van der Waals surface area contributed by atoms with Crippen LogP contribution in [0.1, 0.15) is 38.3 Å². The lowest BCUT2D eigenvalue weighted by Crippen LogP contribution is -2.44. The highest BCUT2D eigenvalue weighted by atomic mass is 35.5. The van der Waals surface area contributed by atoms with Crippen molar-refractivity contribution in [3.63, 3.8) is 0 Å². The normalized spacial score (nSPS) is 29.9. The van der Waals surface area contributed by atoms with Crippen LogP contribution in [0.15, 0.2) is 29.2 Å². The fourth-order valence-electron chi connectivity index (χ4n) is 4.72. The van der Waals surface area contributed by atoms with Crippen molar-refractivity contribution in [2.75, 3.05) is 13.1 Å². The number of pyridine rings is 1. The maximum absolute atomic E-state index is 12.3. The van der Waals surface area contributed by atoms with Gasteiger partial charge >= 0.3 is 0 Å². The molecule has 0 spiro atoms. The molecule has 0 aromatic carbocycles. The number of fused-ring (bicyclic) bond motifs is 2. The Kier molecular flexibility index (Phi) is 4.34. The highest BCUT2D eigenvalue weighted by molar-refractivity contribution is 6.30. The molecule has 2 aromatic heterocycles. The summed E-state index contributed by atoms with van der Waals surface area (Å²) in [5, 5.41) is 11.5. The van der Waals surface area contributed by atoms with Crippen LogP contribution in [0, 0.1) is 11.8 Å². The van der Waals surface area contributed by atoms with Gasteiger partial charge in [-0.05, 0) is 37.3 Å². The Labute approximate surface area is 152 Å². The zero-order valence-corrected chi connectivity index (χ0v) is 15.2. The molecule has 1 N–H and O–H groups in total. The first-order valence-corrected chi connectivity index (χ1v) is 9.49. The van der Waals surface area contributed by atoms with Gasteiger partial charge in [-0.2, -0.15) is 0 Å². The lowest BCUT2D eigenvalue weighted by atomic mass is 9.69. The van der Waals surface area contributed by atoms with Crippen LogP contribution < -0.4 is 5.56 Å². The molecule has 2 aromatic rings. The van der Waals surface area contributed by atoms with Crippen molar-refractivity contribution in [2.45, 2.75) is 44.8 Å². The van der Waals surface area contributed by atoms with Crippen LogP contribution in [0.25, 0.3) is 5.65 Å². The molecule has 1 aliphatic carbocycles. The van der Waals surface area contributed by atoms with E-state index >= 15 is 0 Å². The zero-order valence-electron chi connectivity index (χ0n) is 14.5. The predicted octanol–water partition coefficient (Wildman–Crippen LogP) is 2.72. The number of aromatic nitrogens is 2. The summed E-state index contributed by atoms with van der Waals surface area (Å²) in [5.74, 6) is 0.894. The van der Waals surface area contributed by atoms with Crippen molar-refractivity contribution >= 4 is 17.2 Å². The van der Waals surface area contributed by atoms with Crippen LogP contribution in [0.2, 0.25) is 5.02 Å². The zero-order chi connectivity index (χ0) is 17.6. The molecular formula is C19H24ClN3O2. The Hall–Kier alpha value is -1.43. The van der Waals surface area contributed by atoms with Crippen molar-refractivity contribution in [2.24, 2.45) is 11.8 Å². The number of likely N-dealkylation sites (tertiary alicyclic amines) is 1. The highest BCUT2D eigenvalue weighted by Gasteiger charge is 2.47. The molecule has 3 atom stereocenters. The lowest BCUT2D eigenvalue weighted by molar-refractivity contribution is -0.0613. The monoisotopic (exact) mass is 361 g/mol. The molecule has 3 heterocycles. The third-order valence-corrected chi connectivity index (χ3v) is 6.29. The van der Waals surface area contributed by atoms with Gasteiger partial charge in [-0.25, -0.2) is 4.98 Å². The van der Waals surface area contributed by atoms with Gasteiger partial charge in [0.1, 0.15) is 5.65 Å². The van der Waals surface area contributed by atoms with E-state index in [4.69, 9.17) is 11.6 Å². The van der Waals surface area contributed by atoms with E-state index < -0.39 is 5.60 Å². The molecule has 0 unspecified atom stereocenters. The van der Waals surface area contributed by atoms with Gasteiger partial charge in [0, 0.05) is 37.8 Å². The largest absolute Gasteiger partial charge is 0.390 e. The molecule has 1 aliphatic heterocycles. The highest BCUT2D eigenvalue weighted by Crippen LogP contribution is 2.44. The van der Waals surface area contributed by atoms with E-state index in [-0.39, 0.29) is 5.56 Å². The standard InChI is InChI=1S/C19H24ClN3O2/c1-2-19(25)7-3-4-13-9-22(12-16(13)19)11-15-8-18(24)23-10-14(20)5-6-17(23)21-15/h5-6,8,10,13,16,25H,2-4,7,9,11-12H2,1H3/t13-,16+,19-/m0/s1. The molecule has 1 saturated carbocycles. The minimum absolute atomic E-state index is 0.107. The summed E-state index contributed by atoms with van der Waals surface area (Å²) >= 11 is 5.96. The summed E-state index contributed by atoms with van der Waals surface area (Å²) in [5.41, 5.74) is 0.772. The quantitative estimate of drug-likeness (QED) is 0.913. The molecule has 2 aliphatic rings. The van der Waals surface area contributed by atoms with Crippen LogP contribution in [0.3, 0.4) is 0 Å². The first-order valence-electron chi connectivity index (χ1n) is 9.11. The van der Waals surface area contributed by atoms with Crippen molar-refractivity contribution in [3.05, 3.63) is 45.5 Å². The van der Waals surface area contributed by atoms with Gasteiger partial charge in [0.2, 0.25) is 0 Å². The Morgan fingerprint density at radius 3 is 3.04 bits per heavy atom. The molecule has 0 radical (unpaired) electrons. The Balaban J connectivity index is 1.56. The van der Waals surface area contributed by atoms with E-state index in [1.807, 2.05) is 0 Å². The second-order valence-corrected chi connectivity index (χ2v) is 8.01. The molecule has 134 valence electrons. The average Bonchev–Trinajstić information content (AvgIpc) is 3.00. The Morgan fingerprint density at radius 1 is 1.40 bits per heavy atom. The summed E-state index contributed by atoms with van der Waals surface area (Å²) < 4.78 is 1.48. The molecular weight excluding hydrogens is 338 g/mol. The maximum Gasteiger partial charge on any atom is 0.258 e. The fraction of sp³-hybridized carbons (Fsp3) is 0.579. The van der Waals surface area contributed by atoms with Gasteiger partial charge in [-0.3, -0.25) is 14.1 Å². The van der Waals surface area contributed by atoms with Crippen molar-refractivity contribution in [3.8, 4) is 0 Å². The summed E-state index contributed by atoms with van der Waals surface area (Å²) in [6, 6.07) is 5.11. The number of nitrogens with zero attached hydrogens (tertiary/aromatic N) is 3. The van der Waals surface area contributed by atoms with E-state index in [9.17, 15) is 9.90 Å². The van der Waals surface area contributed by atoms with E-state index in [1.54, 1.807) is 24.4 Å². The second kappa shape index (κ2) is 6.38. The minimum atomic E-state index is -0.523. The molecule has 0 amide bonds. The molecule has 25 heavy (non-hydrogen) atoms. The summed E-state index contributed by atoms with van der Waals surface area (Å²) in [6.45, 7) is 4.61. The SMILES string of the molecule is CC[C@]1(O)CCC[C@H]2CN(Cc3cc(=O)n4cc(Cl)ccc4n3)C[C@H]21. The average molecular weight is 362 g/mol. The minimum Gasteiger partial charge on any atom is -0.390 e. The van der Waals surface area contributed by atoms with Gasteiger partial charge in [-0.15, -0.1) is 0 Å². The second-order valence-electron chi connectivity index (χ2n) is 7.57. The Morgan fingerprint density at radius 2 is 2.24 bits per heavy atom. The van der Waals surface area contributed by atoms with Gasteiger partial charge < -0.3 is 5.11 Å². The van der Waals surface area contributed by atoms with Gasteiger partial charge in [0.15, 0.2) is 0 Å². The third kappa shape index (κ3) is 3.09. The number of aliphatic hydroxyl groups is 1. The molecule has 5 nitrogen and oxygen atoms in total.